The third kappa shape index (κ3) is 5.48. The first kappa shape index (κ1) is 17.1. The average molecular weight is 308 g/mol. The molecule has 124 valence electrons. The van der Waals surface area contributed by atoms with Gasteiger partial charge in [-0.3, -0.25) is 4.90 Å². The van der Waals surface area contributed by atoms with Gasteiger partial charge in [0.15, 0.2) is 0 Å². The Bertz CT molecular complexity index is 432. The SMILES string of the molecule is COCCN(CCCc1ccc2c(c1)NCCO2)CCOC. The van der Waals surface area contributed by atoms with Crippen molar-refractivity contribution in [3.05, 3.63) is 23.8 Å². The Balaban J connectivity index is 1.78. The van der Waals surface area contributed by atoms with Crippen molar-refractivity contribution in [2.45, 2.75) is 12.8 Å². The van der Waals surface area contributed by atoms with E-state index in [-0.39, 0.29) is 0 Å². The van der Waals surface area contributed by atoms with E-state index in [9.17, 15) is 0 Å². The van der Waals surface area contributed by atoms with Gasteiger partial charge in [-0.2, -0.15) is 0 Å². The van der Waals surface area contributed by atoms with Crippen LogP contribution >= 0.6 is 0 Å². The zero-order chi connectivity index (χ0) is 15.6. The van der Waals surface area contributed by atoms with Crippen LogP contribution in [-0.4, -0.2) is 65.1 Å². The fourth-order valence-electron chi connectivity index (χ4n) is 2.63. The predicted octanol–water partition coefficient (Wildman–Crippen LogP) is 2.02. The van der Waals surface area contributed by atoms with Crippen LogP contribution in [0.3, 0.4) is 0 Å². The molecule has 0 spiro atoms. The second-order valence-corrected chi connectivity index (χ2v) is 5.54. The molecule has 0 aromatic heterocycles. The Labute approximate surface area is 133 Å². The fourth-order valence-corrected chi connectivity index (χ4v) is 2.63. The summed E-state index contributed by atoms with van der Waals surface area (Å²) in [6, 6.07) is 6.45. The second-order valence-electron chi connectivity index (χ2n) is 5.54. The van der Waals surface area contributed by atoms with Gasteiger partial charge in [-0.1, -0.05) is 6.07 Å². The lowest BCUT2D eigenvalue weighted by Crippen LogP contribution is -2.31. The van der Waals surface area contributed by atoms with Crippen LogP contribution in [0.2, 0.25) is 0 Å². The molecule has 1 aliphatic heterocycles. The van der Waals surface area contributed by atoms with Gasteiger partial charge in [0, 0.05) is 33.9 Å². The number of methoxy groups -OCH3 is 2. The van der Waals surface area contributed by atoms with Crippen molar-refractivity contribution in [2.24, 2.45) is 0 Å². The highest BCUT2D eigenvalue weighted by atomic mass is 16.5. The smallest absolute Gasteiger partial charge is 0.142 e. The maximum Gasteiger partial charge on any atom is 0.142 e. The Hall–Kier alpha value is -1.30. The summed E-state index contributed by atoms with van der Waals surface area (Å²) < 4.78 is 16.0. The molecular weight excluding hydrogens is 280 g/mol. The van der Waals surface area contributed by atoms with Crippen LogP contribution in [0.25, 0.3) is 0 Å². The van der Waals surface area contributed by atoms with E-state index in [1.165, 1.54) is 5.56 Å². The van der Waals surface area contributed by atoms with Gasteiger partial charge in [0.1, 0.15) is 12.4 Å². The molecular formula is C17H28N2O3. The number of fused-ring (bicyclic) bond motifs is 1. The zero-order valence-corrected chi connectivity index (χ0v) is 13.8. The lowest BCUT2D eigenvalue weighted by atomic mass is 10.1. The van der Waals surface area contributed by atoms with Gasteiger partial charge < -0.3 is 19.5 Å². The second kappa shape index (κ2) is 9.66. The van der Waals surface area contributed by atoms with Gasteiger partial charge in [0.2, 0.25) is 0 Å². The molecule has 0 saturated heterocycles. The van der Waals surface area contributed by atoms with Gasteiger partial charge in [-0.05, 0) is 37.1 Å². The summed E-state index contributed by atoms with van der Waals surface area (Å²) in [5.74, 6) is 0.969. The van der Waals surface area contributed by atoms with Crippen molar-refractivity contribution in [1.29, 1.82) is 0 Å². The molecule has 0 aliphatic carbocycles. The van der Waals surface area contributed by atoms with Crippen LogP contribution in [0.4, 0.5) is 5.69 Å². The summed E-state index contributed by atoms with van der Waals surface area (Å²) in [7, 11) is 3.49. The van der Waals surface area contributed by atoms with Gasteiger partial charge >= 0.3 is 0 Å². The molecule has 0 bridgehead atoms. The Morgan fingerprint density at radius 1 is 1.14 bits per heavy atom. The Morgan fingerprint density at radius 2 is 1.91 bits per heavy atom. The minimum Gasteiger partial charge on any atom is -0.490 e. The third-order valence-electron chi connectivity index (χ3n) is 3.88. The van der Waals surface area contributed by atoms with Crippen LogP contribution in [0, 0.1) is 0 Å². The number of anilines is 1. The van der Waals surface area contributed by atoms with E-state index < -0.39 is 0 Å². The van der Waals surface area contributed by atoms with Crippen molar-refractivity contribution >= 4 is 5.69 Å². The maximum absolute atomic E-state index is 5.61. The number of benzene rings is 1. The molecule has 0 atom stereocenters. The fraction of sp³-hybridized carbons (Fsp3) is 0.647. The summed E-state index contributed by atoms with van der Waals surface area (Å²) in [6.45, 7) is 6.15. The quantitative estimate of drug-likeness (QED) is 0.716. The minimum atomic E-state index is 0.750. The number of hydrogen-bond donors (Lipinski definition) is 1. The highest BCUT2D eigenvalue weighted by Gasteiger charge is 2.10. The van der Waals surface area contributed by atoms with E-state index >= 15 is 0 Å². The van der Waals surface area contributed by atoms with Gasteiger partial charge in [0.25, 0.3) is 0 Å². The number of nitrogens with zero attached hydrogens (tertiary/aromatic N) is 1. The van der Waals surface area contributed by atoms with Gasteiger partial charge in [-0.15, -0.1) is 0 Å². The largest absolute Gasteiger partial charge is 0.490 e. The van der Waals surface area contributed by atoms with E-state index in [2.05, 4.69) is 28.4 Å². The first-order valence-corrected chi connectivity index (χ1v) is 8.03. The van der Waals surface area contributed by atoms with E-state index in [4.69, 9.17) is 14.2 Å². The summed E-state index contributed by atoms with van der Waals surface area (Å²) in [4.78, 5) is 2.40. The Kier molecular flexibility index (Phi) is 7.49. The van der Waals surface area contributed by atoms with Crippen LogP contribution in [-0.2, 0) is 15.9 Å². The van der Waals surface area contributed by atoms with E-state index in [1.807, 2.05) is 0 Å². The minimum absolute atomic E-state index is 0.750. The lowest BCUT2D eigenvalue weighted by Gasteiger charge is -2.22. The molecule has 1 heterocycles. The molecule has 1 N–H and O–H groups in total. The highest BCUT2D eigenvalue weighted by Crippen LogP contribution is 2.28. The molecule has 5 heteroatoms. The number of hydrogen-bond acceptors (Lipinski definition) is 5. The normalized spacial score (nSPS) is 13.6. The Morgan fingerprint density at radius 3 is 2.64 bits per heavy atom. The predicted molar refractivity (Wildman–Crippen MR) is 88.9 cm³/mol. The first-order valence-electron chi connectivity index (χ1n) is 8.03. The highest BCUT2D eigenvalue weighted by molar-refractivity contribution is 5.59. The van der Waals surface area contributed by atoms with Crippen molar-refractivity contribution in [2.75, 3.05) is 65.5 Å². The molecule has 22 heavy (non-hydrogen) atoms. The maximum atomic E-state index is 5.61. The molecule has 0 saturated carbocycles. The molecule has 1 aromatic rings. The standard InChI is InChI=1S/C17H28N2O3/c1-20-12-9-19(10-13-21-2)8-3-4-15-5-6-17-16(14-15)18-7-11-22-17/h5-6,14,18H,3-4,7-13H2,1-2H3. The summed E-state index contributed by atoms with van der Waals surface area (Å²) in [5, 5.41) is 3.39. The molecule has 1 aliphatic rings. The number of rotatable bonds is 10. The average Bonchev–Trinajstić information content (AvgIpc) is 2.56. The number of ether oxygens (including phenoxy) is 3. The van der Waals surface area contributed by atoms with Crippen molar-refractivity contribution in [3.8, 4) is 5.75 Å². The van der Waals surface area contributed by atoms with Crippen LogP contribution in [0.5, 0.6) is 5.75 Å². The molecule has 5 nitrogen and oxygen atoms in total. The third-order valence-corrected chi connectivity index (χ3v) is 3.88. The topological polar surface area (TPSA) is 43.0 Å². The number of nitrogens with one attached hydrogen (secondary N) is 1. The summed E-state index contributed by atoms with van der Waals surface area (Å²) >= 11 is 0. The molecule has 0 amide bonds. The van der Waals surface area contributed by atoms with E-state index in [0.29, 0.717) is 0 Å². The van der Waals surface area contributed by atoms with Crippen LogP contribution < -0.4 is 10.1 Å². The van der Waals surface area contributed by atoms with Crippen molar-refractivity contribution in [1.82, 2.24) is 4.90 Å². The van der Waals surface area contributed by atoms with Gasteiger partial charge in [-0.25, -0.2) is 0 Å². The molecule has 0 unspecified atom stereocenters. The lowest BCUT2D eigenvalue weighted by molar-refractivity contribution is 0.113. The van der Waals surface area contributed by atoms with Crippen LogP contribution in [0.15, 0.2) is 18.2 Å². The van der Waals surface area contributed by atoms with E-state index in [1.54, 1.807) is 14.2 Å². The molecule has 0 fully saturated rings. The molecule has 1 aromatic carbocycles. The number of aryl methyl sites for hydroxylation is 1. The molecule has 0 radical (unpaired) electrons. The van der Waals surface area contributed by atoms with Crippen molar-refractivity contribution < 1.29 is 14.2 Å². The van der Waals surface area contributed by atoms with E-state index in [0.717, 1.165) is 70.3 Å². The molecule has 2 rings (SSSR count). The van der Waals surface area contributed by atoms with Crippen molar-refractivity contribution in [3.63, 3.8) is 0 Å². The zero-order valence-electron chi connectivity index (χ0n) is 13.8. The monoisotopic (exact) mass is 308 g/mol. The van der Waals surface area contributed by atoms with Gasteiger partial charge in [0.05, 0.1) is 18.9 Å². The summed E-state index contributed by atoms with van der Waals surface area (Å²) in [5.41, 5.74) is 2.48. The van der Waals surface area contributed by atoms with Crippen LogP contribution in [0.1, 0.15) is 12.0 Å². The summed E-state index contributed by atoms with van der Waals surface area (Å²) in [6.07, 6.45) is 2.21. The first-order chi connectivity index (χ1) is 10.8.